The summed E-state index contributed by atoms with van der Waals surface area (Å²) in [6.45, 7) is -0.567. The van der Waals surface area contributed by atoms with Gasteiger partial charge in [0.25, 0.3) is 5.91 Å². The van der Waals surface area contributed by atoms with Gasteiger partial charge in [0.2, 0.25) is 0 Å². The van der Waals surface area contributed by atoms with Gasteiger partial charge >= 0.3 is 5.97 Å². The smallest absolute Gasteiger partial charge is 0.341 e. The number of benzene rings is 4. The first-order chi connectivity index (χ1) is 15.0. The first-order valence-corrected chi connectivity index (χ1v) is 9.55. The molecule has 4 aromatic rings. The standard InChI is InChI=1S/C25H18FNO4/c26-22-11-10-19(31-15-24(28)29)14-23(22)27-25(30)21-13-18(16-6-2-1-3-7-16)12-17-8-4-5-9-20(17)21/h1-14H,15H2,(H,27,30)(H,28,29). The van der Waals surface area contributed by atoms with E-state index in [0.29, 0.717) is 5.56 Å². The SMILES string of the molecule is O=C(O)COc1ccc(F)c(NC(=O)c2cc(-c3ccccc3)cc3ccccc23)c1. The molecular formula is C25H18FNO4. The number of halogens is 1. The molecule has 2 N–H and O–H groups in total. The van der Waals surface area contributed by atoms with Gasteiger partial charge in [0, 0.05) is 11.6 Å². The summed E-state index contributed by atoms with van der Waals surface area (Å²) in [6.07, 6.45) is 0. The van der Waals surface area contributed by atoms with E-state index in [-0.39, 0.29) is 11.4 Å². The summed E-state index contributed by atoms with van der Waals surface area (Å²) < 4.78 is 19.4. The number of aliphatic carboxylic acids is 1. The number of carboxylic acid groups (broad SMARTS) is 1. The van der Waals surface area contributed by atoms with Crippen LogP contribution >= 0.6 is 0 Å². The number of fused-ring (bicyclic) bond motifs is 1. The van der Waals surface area contributed by atoms with Gasteiger partial charge in [-0.15, -0.1) is 0 Å². The van der Waals surface area contributed by atoms with Crippen LogP contribution in [-0.4, -0.2) is 23.6 Å². The average molecular weight is 415 g/mol. The summed E-state index contributed by atoms with van der Waals surface area (Å²) in [5.41, 5.74) is 2.12. The van der Waals surface area contributed by atoms with Crippen LogP contribution in [-0.2, 0) is 4.79 Å². The number of anilines is 1. The molecule has 5 nitrogen and oxygen atoms in total. The van der Waals surface area contributed by atoms with E-state index in [9.17, 15) is 14.0 Å². The van der Waals surface area contributed by atoms with E-state index in [0.717, 1.165) is 28.0 Å². The monoisotopic (exact) mass is 415 g/mol. The van der Waals surface area contributed by atoms with Crippen molar-refractivity contribution in [1.29, 1.82) is 0 Å². The molecule has 0 atom stereocenters. The van der Waals surface area contributed by atoms with Gasteiger partial charge in [-0.1, -0.05) is 54.6 Å². The Labute approximate surface area is 177 Å². The van der Waals surface area contributed by atoms with E-state index >= 15 is 0 Å². The zero-order valence-electron chi connectivity index (χ0n) is 16.3. The van der Waals surface area contributed by atoms with Crippen molar-refractivity contribution < 1.29 is 23.8 Å². The van der Waals surface area contributed by atoms with Crippen molar-refractivity contribution in [2.45, 2.75) is 0 Å². The molecule has 0 radical (unpaired) electrons. The first kappa shape index (κ1) is 20.1. The van der Waals surface area contributed by atoms with Crippen LogP contribution in [0.15, 0.2) is 84.9 Å². The van der Waals surface area contributed by atoms with Crippen molar-refractivity contribution in [2.75, 3.05) is 11.9 Å². The number of rotatable bonds is 6. The van der Waals surface area contributed by atoms with Gasteiger partial charge in [-0.25, -0.2) is 9.18 Å². The van der Waals surface area contributed by atoms with Crippen molar-refractivity contribution in [3.8, 4) is 16.9 Å². The molecule has 0 aliphatic carbocycles. The largest absolute Gasteiger partial charge is 0.482 e. The molecule has 0 heterocycles. The number of carbonyl (C=O) groups is 2. The Hall–Kier alpha value is -4.19. The minimum absolute atomic E-state index is 0.0953. The van der Waals surface area contributed by atoms with E-state index in [2.05, 4.69) is 5.32 Å². The summed E-state index contributed by atoms with van der Waals surface area (Å²) in [5, 5.41) is 12.9. The van der Waals surface area contributed by atoms with Gasteiger partial charge in [0.05, 0.1) is 5.69 Å². The first-order valence-electron chi connectivity index (χ1n) is 9.55. The van der Waals surface area contributed by atoms with Crippen LogP contribution in [0.4, 0.5) is 10.1 Å². The van der Waals surface area contributed by atoms with E-state index in [1.54, 1.807) is 6.07 Å². The minimum Gasteiger partial charge on any atom is -0.482 e. The lowest BCUT2D eigenvalue weighted by Gasteiger charge is -2.13. The van der Waals surface area contributed by atoms with E-state index < -0.39 is 24.3 Å². The Morgan fingerprint density at radius 1 is 0.871 bits per heavy atom. The van der Waals surface area contributed by atoms with Gasteiger partial charge in [-0.05, 0) is 46.2 Å². The number of amides is 1. The molecule has 0 fully saturated rings. The van der Waals surface area contributed by atoms with Crippen molar-refractivity contribution in [3.63, 3.8) is 0 Å². The van der Waals surface area contributed by atoms with Crippen LogP contribution < -0.4 is 10.1 Å². The Kier molecular flexibility index (Phi) is 5.62. The van der Waals surface area contributed by atoms with Gasteiger partial charge in [-0.3, -0.25) is 4.79 Å². The molecule has 4 aromatic carbocycles. The maximum absolute atomic E-state index is 14.3. The highest BCUT2D eigenvalue weighted by atomic mass is 19.1. The second-order valence-electron chi connectivity index (χ2n) is 6.89. The van der Waals surface area contributed by atoms with Crippen LogP contribution in [0.1, 0.15) is 10.4 Å². The quantitative estimate of drug-likeness (QED) is 0.444. The maximum Gasteiger partial charge on any atom is 0.341 e. The third-order valence-electron chi connectivity index (χ3n) is 4.76. The summed E-state index contributed by atoms with van der Waals surface area (Å²) in [7, 11) is 0. The van der Waals surface area contributed by atoms with Crippen LogP contribution in [0, 0.1) is 5.82 Å². The Morgan fingerprint density at radius 3 is 2.39 bits per heavy atom. The normalized spacial score (nSPS) is 10.6. The molecule has 154 valence electrons. The summed E-state index contributed by atoms with van der Waals surface area (Å²) in [5.74, 6) is -2.15. The maximum atomic E-state index is 14.3. The molecular weight excluding hydrogens is 397 g/mol. The fourth-order valence-electron chi connectivity index (χ4n) is 3.32. The number of carbonyl (C=O) groups excluding carboxylic acids is 1. The lowest BCUT2D eigenvalue weighted by atomic mass is 9.96. The summed E-state index contributed by atoms with van der Waals surface area (Å²) in [6, 6.07) is 24.6. The van der Waals surface area contributed by atoms with Gasteiger partial charge in [0.15, 0.2) is 6.61 Å². The highest BCUT2D eigenvalue weighted by molar-refractivity contribution is 6.14. The number of carboxylic acids is 1. The minimum atomic E-state index is -1.15. The second-order valence-corrected chi connectivity index (χ2v) is 6.89. The number of hydrogen-bond acceptors (Lipinski definition) is 3. The van der Waals surface area contributed by atoms with E-state index in [4.69, 9.17) is 9.84 Å². The number of nitrogens with one attached hydrogen (secondary N) is 1. The van der Waals surface area contributed by atoms with Crippen molar-refractivity contribution in [1.82, 2.24) is 0 Å². The third kappa shape index (κ3) is 4.53. The zero-order valence-corrected chi connectivity index (χ0v) is 16.3. The van der Waals surface area contributed by atoms with Crippen molar-refractivity contribution >= 4 is 28.3 Å². The van der Waals surface area contributed by atoms with Gasteiger partial charge < -0.3 is 15.2 Å². The average Bonchev–Trinajstić information content (AvgIpc) is 2.79. The fourth-order valence-corrected chi connectivity index (χ4v) is 3.32. The molecule has 0 saturated heterocycles. The van der Waals surface area contributed by atoms with Crippen LogP contribution in [0.25, 0.3) is 21.9 Å². The highest BCUT2D eigenvalue weighted by Gasteiger charge is 2.15. The lowest BCUT2D eigenvalue weighted by molar-refractivity contribution is -0.139. The fraction of sp³-hybridized carbons (Fsp3) is 0.0400. The number of ether oxygens (including phenoxy) is 1. The van der Waals surface area contributed by atoms with Crippen LogP contribution in [0.2, 0.25) is 0 Å². The molecule has 1 amide bonds. The molecule has 6 heteroatoms. The van der Waals surface area contributed by atoms with Gasteiger partial charge in [0.1, 0.15) is 11.6 Å². The Morgan fingerprint density at radius 2 is 1.61 bits per heavy atom. The van der Waals surface area contributed by atoms with Gasteiger partial charge in [-0.2, -0.15) is 0 Å². The third-order valence-corrected chi connectivity index (χ3v) is 4.76. The molecule has 0 bridgehead atoms. The summed E-state index contributed by atoms with van der Waals surface area (Å²) in [4.78, 5) is 23.8. The molecule has 0 aliphatic heterocycles. The summed E-state index contributed by atoms with van der Waals surface area (Å²) >= 11 is 0. The molecule has 0 spiro atoms. The number of hydrogen-bond donors (Lipinski definition) is 2. The molecule has 0 aromatic heterocycles. The van der Waals surface area contributed by atoms with Crippen LogP contribution in [0.3, 0.4) is 0 Å². The van der Waals surface area contributed by atoms with Crippen LogP contribution in [0.5, 0.6) is 5.75 Å². The lowest BCUT2D eigenvalue weighted by Crippen LogP contribution is -2.14. The molecule has 4 rings (SSSR count). The topological polar surface area (TPSA) is 75.6 Å². The molecule has 0 aliphatic rings. The Bertz CT molecular complexity index is 1270. The second kappa shape index (κ2) is 8.67. The Balaban J connectivity index is 1.71. The zero-order chi connectivity index (χ0) is 21.8. The molecule has 0 unspecified atom stereocenters. The van der Waals surface area contributed by atoms with E-state index in [1.807, 2.05) is 60.7 Å². The van der Waals surface area contributed by atoms with Crippen molar-refractivity contribution in [3.05, 3.63) is 96.3 Å². The molecule has 31 heavy (non-hydrogen) atoms. The van der Waals surface area contributed by atoms with Crippen molar-refractivity contribution in [2.24, 2.45) is 0 Å². The highest BCUT2D eigenvalue weighted by Crippen LogP contribution is 2.29. The molecule has 0 saturated carbocycles. The predicted octanol–water partition coefficient (Wildman–Crippen LogP) is 5.36. The van der Waals surface area contributed by atoms with E-state index in [1.165, 1.54) is 12.1 Å². The predicted molar refractivity (Wildman–Crippen MR) is 117 cm³/mol.